The Bertz CT molecular complexity index is 532. The maximum Gasteiger partial charge on any atom is 0.337 e. The van der Waals surface area contributed by atoms with Crippen molar-refractivity contribution in [3.63, 3.8) is 0 Å². The van der Waals surface area contributed by atoms with Gasteiger partial charge in [-0.2, -0.15) is 0 Å². The maximum atomic E-state index is 11.9. The highest BCUT2D eigenvalue weighted by Crippen LogP contribution is 2.24. The Morgan fingerprint density at radius 3 is 2.85 bits per heavy atom. The number of morpholine rings is 1. The first-order chi connectivity index (χ1) is 9.54. The average molecular weight is 279 g/mol. The number of amides is 1. The third-order valence-electron chi connectivity index (χ3n) is 3.27. The van der Waals surface area contributed by atoms with Crippen LogP contribution < -0.4 is 16.0 Å². The topological polar surface area (TPSA) is 105 Å². The zero-order valence-electron chi connectivity index (χ0n) is 11.1. The van der Waals surface area contributed by atoms with Crippen LogP contribution in [0, 0.1) is 0 Å². The number of ether oxygens (including phenoxy) is 1. The molecule has 0 spiro atoms. The van der Waals surface area contributed by atoms with Crippen LogP contribution >= 0.6 is 0 Å². The summed E-state index contributed by atoms with van der Waals surface area (Å²) in [6.45, 7) is 1.35. The van der Waals surface area contributed by atoms with Gasteiger partial charge in [0.15, 0.2) is 0 Å². The zero-order valence-corrected chi connectivity index (χ0v) is 11.1. The van der Waals surface area contributed by atoms with Crippen LogP contribution in [0.3, 0.4) is 0 Å². The molecule has 108 valence electrons. The molecule has 4 N–H and O–H groups in total. The molecular weight excluding hydrogens is 262 g/mol. The molecule has 0 saturated carbocycles. The van der Waals surface area contributed by atoms with Gasteiger partial charge in [0.25, 0.3) is 0 Å². The van der Waals surface area contributed by atoms with Crippen molar-refractivity contribution in [2.24, 2.45) is 0 Å². The molecule has 1 aliphatic heterocycles. The van der Waals surface area contributed by atoms with E-state index in [1.54, 1.807) is 19.2 Å². The molecule has 0 aromatic heterocycles. The molecule has 7 heteroatoms. The van der Waals surface area contributed by atoms with E-state index in [2.05, 4.69) is 5.32 Å². The van der Waals surface area contributed by atoms with Crippen LogP contribution in [0.4, 0.5) is 11.4 Å². The number of nitrogens with zero attached hydrogens (tertiary/aromatic N) is 1. The van der Waals surface area contributed by atoms with Crippen LogP contribution in [0.5, 0.6) is 0 Å². The standard InChI is InChI=1S/C13H17N3O4/c1-15-12(17)11-7-20-5-4-16(11)8-2-3-9(13(18)19)10(14)6-8/h2-3,6,11H,4-5,7,14H2,1H3,(H,15,17)(H,18,19). The molecule has 1 unspecified atom stereocenters. The Hall–Kier alpha value is -2.28. The van der Waals surface area contributed by atoms with Gasteiger partial charge in [-0.1, -0.05) is 0 Å². The molecule has 1 amide bonds. The summed E-state index contributed by atoms with van der Waals surface area (Å²) in [5.41, 5.74) is 6.69. The minimum Gasteiger partial charge on any atom is -0.478 e. The average Bonchev–Trinajstić information content (AvgIpc) is 2.46. The van der Waals surface area contributed by atoms with Crippen molar-refractivity contribution >= 4 is 23.3 Å². The summed E-state index contributed by atoms with van der Waals surface area (Å²) in [6.07, 6.45) is 0. The number of rotatable bonds is 3. The SMILES string of the molecule is CNC(=O)C1COCCN1c1ccc(C(=O)O)c(N)c1. The molecule has 20 heavy (non-hydrogen) atoms. The fourth-order valence-corrected chi connectivity index (χ4v) is 2.22. The van der Waals surface area contributed by atoms with Crippen LogP contribution in [0.2, 0.25) is 0 Å². The number of anilines is 2. The summed E-state index contributed by atoms with van der Waals surface area (Å²) in [5, 5.41) is 11.6. The fourth-order valence-electron chi connectivity index (χ4n) is 2.22. The number of nitrogens with one attached hydrogen (secondary N) is 1. The van der Waals surface area contributed by atoms with E-state index in [0.717, 1.165) is 0 Å². The zero-order chi connectivity index (χ0) is 14.7. The van der Waals surface area contributed by atoms with E-state index in [9.17, 15) is 9.59 Å². The van der Waals surface area contributed by atoms with Gasteiger partial charge in [0, 0.05) is 25.0 Å². The van der Waals surface area contributed by atoms with E-state index in [1.807, 2.05) is 4.90 Å². The Labute approximate surface area is 116 Å². The molecule has 1 atom stereocenters. The first-order valence-electron chi connectivity index (χ1n) is 6.23. The maximum absolute atomic E-state index is 11.9. The number of nitrogens with two attached hydrogens (primary N) is 1. The molecule has 0 radical (unpaired) electrons. The summed E-state index contributed by atoms with van der Waals surface area (Å²) in [7, 11) is 1.57. The quantitative estimate of drug-likeness (QED) is 0.668. The summed E-state index contributed by atoms with van der Waals surface area (Å²) >= 11 is 0. The monoisotopic (exact) mass is 279 g/mol. The van der Waals surface area contributed by atoms with Crippen LogP contribution in [-0.2, 0) is 9.53 Å². The third kappa shape index (κ3) is 2.67. The lowest BCUT2D eigenvalue weighted by Crippen LogP contribution is -2.53. The van der Waals surface area contributed by atoms with E-state index < -0.39 is 12.0 Å². The van der Waals surface area contributed by atoms with E-state index in [-0.39, 0.29) is 17.2 Å². The smallest absolute Gasteiger partial charge is 0.337 e. The van der Waals surface area contributed by atoms with Gasteiger partial charge in [0.2, 0.25) is 5.91 Å². The first-order valence-corrected chi connectivity index (χ1v) is 6.23. The predicted molar refractivity (Wildman–Crippen MR) is 73.8 cm³/mol. The third-order valence-corrected chi connectivity index (χ3v) is 3.27. The van der Waals surface area contributed by atoms with E-state index in [4.69, 9.17) is 15.6 Å². The Kier molecular flexibility index (Phi) is 4.09. The van der Waals surface area contributed by atoms with Gasteiger partial charge < -0.3 is 25.8 Å². The Balaban J connectivity index is 2.31. The second-order valence-electron chi connectivity index (χ2n) is 4.48. The van der Waals surface area contributed by atoms with Crippen molar-refractivity contribution in [3.05, 3.63) is 23.8 Å². The summed E-state index contributed by atoms with van der Waals surface area (Å²) < 4.78 is 5.32. The number of benzene rings is 1. The molecule has 1 heterocycles. The molecule has 0 bridgehead atoms. The highest BCUT2D eigenvalue weighted by molar-refractivity contribution is 5.94. The Morgan fingerprint density at radius 2 is 2.25 bits per heavy atom. The molecule has 1 aliphatic rings. The molecular formula is C13H17N3O4. The normalized spacial score (nSPS) is 18.6. The number of carbonyl (C=O) groups is 2. The van der Waals surface area contributed by atoms with Crippen molar-refractivity contribution in [2.45, 2.75) is 6.04 Å². The van der Waals surface area contributed by atoms with Gasteiger partial charge in [-0.3, -0.25) is 4.79 Å². The largest absolute Gasteiger partial charge is 0.478 e. The minimum atomic E-state index is -1.07. The van der Waals surface area contributed by atoms with Crippen molar-refractivity contribution in [2.75, 3.05) is 37.4 Å². The first kappa shape index (κ1) is 14.1. The van der Waals surface area contributed by atoms with Gasteiger partial charge in [-0.25, -0.2) is 4.79 Å². The Morgan fingerprint density at radius 1 is 1.50 bits per heavy atom. The van der Waals surface area contributed by atoms with Crippen molar-refractivity contribution < 1.29 is 19.4 Å². The summed E-state index contributed by atoms with van der Waals surface area (Å²) in [6, 6.07) is 4.23. The number of carboxylic acids is 1. The van der Waals surface area contributed by atoms with Gasteiger partial charge >= 0.3 is 5.97 Å². The van der Waals surface area contributed by atoms with E-state index in [0.29, 0.717) is 25.4 Å². The van der Waals surface area contributed by atoms with E-state index >= 15 is 0 Å². The number of hydrogen-bond donors (Lipinski definition) is 3. The second-order valence-corrected chi connectivity index (χ2v) is 4.48. The number of aromatic carboxylic acids is 1. The molecule has 1 aromatic rings. The fraction of sp³-hybridized carbons (Fsp3) is 0.385. The molecule has 7 nitrogen and oxygen atoms in total. The van der Waals surface area contributed by atoms with Gasteiger partial charge in [0.05, 0.1) is 18.8 Å². The second kappa shape index (κ2) is 5.79. The van der Waals surface area contributed by atoms with Crippen LogP contribution in [0.25, 0.3) is 0 Å². The number of carboxylic acid groups (broad SMARTS) is 1. The van der Waals surface area contributed by atoms with Crippen molar-refractivity contribution in [3.8, 4) is 0 Å². The highest BCUT2D eigenvalue weighted by Gasteiger charge is 2.29. The number of likely N-dealkylation sites (N-methyl/N-ethyl adjacent to an activating group) is 1. The van der Waals surface area contributed by atoms with Gasteiger partial charge in [-0.15, -0.1) is 0 Å². The highest BCUT2D eigenvalue weighted by atomic mass is 16.5. The molecule has 1 aromatic carbocycles. The van der Waals surface area contributed by atoms with Crippen LogP contribution in [-0.4, -0.2) is 49.8 Å². The molecule has 2 rings (SSSR count). The lowest BCUT2D eigenvalue weighted by molar-refractivity contribution is -0.124. The van der Waals surface area contributed by atoms with Crippen LogP contribution in [0.1, 0.15) is 10.4 Å². The lowest BCUT2D eigenvalue weighted by atomic mass is 10.1. The van der Waals surface area contributed by atoms with Crippen molar-refractivity contribution in [1.82, 2.24) is 5.32 Å². The van der Waals surface area contributed by atoms with Gasteiger partial charge in [-0.05, 0) is 18.2 Å². The number of carbonyl (C=O) groups excluding carboxylic acids is 1. The molecule has 0 aliphatic carbocycles. The van der Waals surface area contributed by atoms with Crippen molar-refractivity contribution in [1.29, 1.82) is 0 Å². The number of hydrogen-bond acceptors (Lipinski definition) is 5. The molecule has 1 saturated heterocycles. The van der Waals surface area contributed by atoms with Crippen LogP contribution in [0.15, 0.2) is 18.2 Å². The number of nitrogen functional groups attached to an aromatic ring is 1. The summed E-state index contributed by atoms with van der Waals surface area (Å²) in [5.74, 6) is -1.22. The predicted octanol–water partition coefficient (Wildman–Crippen LogP) is -0.0818. The lowest BCUT2D eigenvalue weighted by Gasteiger charge is -2.36. The van der Waals surface area contributed by atoms with Gasteiger partial charge in [0.1, 0.15) is 6.04 Å². The van der Waals surface area contributed by atoms with E-state index in [1.165, 1.54) is 6.07 Å². The minimum absolute atomic E-state index is 0.0542. The molecule has 1 fully saturated rings. The summed E-state index contributed by atoms with van der Waals surface area (Å²) in [4.78, 5) is 24.7.